The second-order valence-electron chi connectivity index (χ2n) is 7.40. The topological polar surface area (TPSA) is 75.5 Å². The fourth-order valence-corrected chi connectivity index (χ4v) is 5.29. The summed E-state index contributed by atoms with van der Waals surface area (Å²) in [5, 5.41) is 4.27. The number of aryl methyl sites for hydroxylation is 1. The lowest BCUT2D eigenvalue weighted by molar-refractivity contribution is -0.137. The fraction of sp³-hybridized carbons (Fsp3) is 0.474. The maximum atomic E-state index is 12.9. The third kappa shape index (κ3) is 3.83. The van der Waals surface area contributed by atoms with Crippen molar-refractivity contribution in [3.05, 3.63) is 47.3 Å². The van der Waals surface area contributed by atoms with Crippen molar-refractivity contribution in [3.8, 4) is 0 Å². The molecule has 0 aliphatic carbocycles. The van der Waals surface area contributed by atoms with E-state index in [1.807, 2.05) is 4.68 Å². The van der Waals surface area contributed by atoms with E-state index in [4.69, 9.17) is 0 Å². The van der Waals surface area contributed by atoms with Crippen LogP contribution in [0.2, 0.25) is 0 Å². The first-order valence-electron chi connectivity index (χ1n) is 9.69. The number of amides is 1. The van der Waals surface area contributed by atoms with E-state index in [1.165, 1.54) is 4.31 Å². The molecule has 0 radical (unpaired) electrons. The van der Waals surface area contributed by atoms with E-state index >= 15 is 0 Å². The van der Waals surface area contributed by atoms with Crippen LogP contribution in [0.5, 0.6) is 0 Å². The van der Waals surface area contributed by atoms with Crippen LogP contribution >= 0.6 is 0 Å². The smallest absolute Gasteiger partial charge is 0.336 e. The molecule has 1 aromatic heterocycles. The Kier molecular flexibility index (Phi) is 5.35. The van der Waals surface area contributed by atoms with E-state index in [-0.39, 0.29) is 37.0 Å². The Balaban J connectivity index is 1.44. The van der Waals surface area contributed by atoms with E-state index in [0.29, 0.717) is 5.56 Å². The molecule has 4 rings (SSSR count). The summed E-state index contributed by atoms with van der Waals surface area (Å²) in [6, 6.07) is 3.45. The molecule has 162 valence electrons. The summed E-state index contributed by atoms with van der Waals surface area (Å²) in [5.74, 6) is -0.162. The van der Waals surface area contributed by atoms with Crippen molar-refractivity contribution in [3.63, 3.8) is 0 Å². The Bertz CT molecular complexity index is 1040. The highest BCUT2D eigenvalue weighted by molar-refractivity contribution is 7.89. The molecule has 3 heterocycles. The molecule has 2 aromatic rings. The molecule has 1 saturated heterocycles. The van der Waals surface area contributed by atoms with Crippen LogP contribution in [-0.2, 0) is 29.2 Å². The number of sulfonamides is 1. The van der Waals surface area contributed by atoms with Gasteiger partial charge < -0.3 is 4.90 Å². The molecule has 0 N–H and O–H groups in total. The standard InChI is InChI=1S/C19H21F3N4O3S/c20-19(21,22)14-4-6-15(7-5-14)30(28,29)25-11-9-24(10-12-25)18(27)16-13-23-26-8-2-1-3-17(16)26/h4-7,13H,1-3,8-12H2. The molecule has 0 bridgehead atoms. The zero-order chi connectivity index (χ0) is 21.5. The molecule has 0 saturated carbocycles. The van der Waals surface area contributed by atoms with Gasteiger partial charge in [0, 0.05) is 32.7 Å². The molecule has 2 aliphatic heterocycles. The zero-order valence-corrected chi connectivity index (χ0v) is 16.9. The highest BCUT2D eigenvalue weighted by Crippen LogP contribution is 2.30. The van der Waals surface area contributed by atoms with E-state index in [0.717, 1.165) is 55.8 Å². The van der Waals surface area contributed by atoms with E-state index in [1.54, 1.807) is 11.1 Å². The Hall–Kier alpha value is -2.40. The van der Waals surface area contributed by atoms with Crippen LogP contribution in [0, 0.1) is 0 Å². The average molecular weight is 442 g/mol. The summed E-state index contributed by atoms with van der Waals surface area (Å²) < 4.78 is 66.7. The Morgan fingerprint density at radius 1 is 0.967 bits per heavy atom. The number of benzene rings is 1. The van der Waals surface area contributed by atoms with Crippen molar-refractivity contribution in [2.45, 2.75) is 36.9 Å². The van der Waals surface area contributed by atoms with Crippen molar-refractivity contribution >= 4 is 15.9 Å². The lowest BCUT2D eigenvalue weighted by Gasteiger charge is -2.34. The van der Waals surface area contributed by atoms with Gasteiger partial charge in [-0.15, -0.1) is 0 Å². The van der Waals surface area contributed by atoms with Crippen molar-refractivity contribution in [2.24, 2.45) is 0 Å². The van der Waals surface area contributed by atoms with E-state index in [2.05, 4.69) is 5.10 Å². The minimum absolute atomic E-state index is 0.0819. The number of alkyl halides is 3. The Morgan fingerprint density at radius 3 is 2.27 bits per heavy atom. The highest BCUT2D eigenvalue weighted by Gasteiger charge is 2.34. The number of fused-ring (bicyclic) bond motifs is 1. The highest BCUT2D eigenvalue weighted by atomic mass is 32.2. The molecule has 1 amide bonds. The van der Waals surface area contributed by atoms with Gasteiger partial charge in [0.05, 0.1) is 27.9 Å². The van der Waals surface area contributed by atoms with Gasteiger partial charge in [0.1, 0.15) is 0 Å². The molecule has 2 aliphatic rings. The third-order valence-corrected chi connectivity index (χ3v) is 7.47. The van der Waals surface area contributed by atoms with E-state index in [9.17, 15) is 26.4 Å². The minimum Gasteiger partial charge on any atom is -0.336 e. The summed E-state index contributed by atoms with van der Waals surface area (Å²) >= 11 is 0. The normalized spacial score (nSPS) is 18.3. The predicted molar refractivity (Wildman–Crippen MR) is 101 cm³/mol. The number of hydrogen-bond donors (Lipinski definition) is 0. The molecule has 1 aromatic carbocycles. The number of aromatic nitrogens is 2. The van der Waals surface area contributed by atoms with Crippen LogP contribution in [0.25, 0.3) is 0 Å². The SMILES string of the molecule is O=C(c1cnn2c1CCCC2)N1CCN(S(=O)(=O)c2ccc(C(F)(F)F)cc2)CC1. The molecule has 11 heteroatoms. The van der Waals surface area contributed by atoms with Gasteiger partial charge in [0.25, 0.3) is 5.91 Å². The summed E-state index contributed by atoms with van der Waals surface area (Å²) in [5.41, 5.74) is 0.584. The number of nitrogens with zero attached hydrogens (tertiary/aromatic N) is 4. The summed E-state index contributed by atoms with van der Waals surface area (Å²) in [7, 11) is -3.93. The number of carbonyl (C=O) groups is 1. The summed E-state index contributed by atoms with van der Waals surface area (Å²) in [4.78, 5) is 14.3. The second-order valence-corrected chi connectivity index (χ2v) is 9.34. The van der Waals surface area contributed by atoms with Crippen molar-refractivity contribution in [2.75, 3.05) is 26.2 Å². The van der Waals surface area contributed by atoms with Gasteiger partial charge >= 0.3 is 6.18 Å². The third-order valence-electron chi connectivity index (χ3n) is 5.56. The van der Waals surface area contributed by atoms with Crippen LogP contribution in [0.4, 0.5) is 13.2 Å². The fourth-order valence-electron chi connectivity index (χ4n) is 3.87. The van der Waals surface area contributed by atoms with Gasteiger partial charge in [-0.3, -0.25) is 9.48 Å². The quantitative estimate of drug-likeness (QED) is 0.732. The molecule has 1 fully saturated rings. The van der Waals surface area contributed by atoms with Gasteiger partial charge in [-0.05, 0) is 43.5 Å². The first-order chi connectivity index (χ1) is 14.2. The summed E-state index contributed by atoms with van der Waals surface area (Å²) in [6.07, 6.45) is -0.118. The maximum Gasteiger partial charge on any atom is 0.416 e. The van der Waals surface area contributed by atoms with Gasteiger partial charge in [0.2, 0.25) is 10.0 Å². The second kappa shape index (κ2) is 7.69. The molecule has 0 atom stereocenters. The largest absolute Gasteiger partial charge is 0.416 e. The van der Waals surface area contributed by atoms with Gasteiger partial charge in [0.15, 0.2) is 0 Å². The molecule has 0 unspecified atom stereocenters. The number of halogens is 3. The first-order valence-corrected chi connectivity index (χ1v) is 11.1. The van der Waals surface area contributed by atoms with E-state index < -0.39 is 21.8 Å². The minimum atomic E-state index is -4.53. The molecule has 30 heavy (non-hydrogen) atoms. The number of rotatable bonds is 3. The summed E-state index contributed by atoms with van der Waals surface area (Å²) in [6.45, 7) is 1.38. The number of carbonyl (C=O) groups excluding carboxylic acids is 1. The molecular formula is C19H21F3N4O3S. The van der Waals surface area contributed by atoms with Crippen molar-refractivity contribution in [1.29, 1.82) is 0 Å². The van der Waals surface area contributed by atoms with Crippen LogP contribution in [0.15, 0.2) is 35.4 Å². The van der Waals surface area contributed by atoms with Gasteiger partial charge in [-0.25, -0.2) is 8.42 Å². The predicted octanol–water partition coefficient (Wildman–Crippen LogP) is 2.38. The van der Waals surface area contributed by atoms with Crippen LogP contribution in [0.3, 0.4) is 0 Å². The van der Waals surface area contributed by atoms with Gasteiger partial charge in [-0.2, -0.15) is 22.6 Å². The average Bonchev–Trinajstić information content (AvgIpc) is 3.17. The lowest BCUT2D eigenvalue weighted by atomic mass is 10.1. The van der Waals surface area contributed by atoms with Crippen LogP contribution < -0.4 is 0 Å². The molecule has 0 spiro atoms. The molecule has 7 nitrogen and oxygen atoms in total. The van der Waals surface area contributed by atoms with Crippen molar-refractivity contribution in [1.82, 2.24) is 19.0 Å². The number of hydrogen-bond acceptors (Lipinski definition) is 4. The van der Waals surface area contributed by atoms with Crippen molar-refractivity contribution < 1.29 is 26.4 Å². The van der Waals surface area contributed by atoms with Crippen LogP contribution in [-0.4, -0.2) is 59.5 Å². The lowest BCUT2D eigenvalue weighted by Crippen LogP contribution is -2.50. The zero-order valence-electron chi connectivity index (χ0n) is 16.1. The van der Waals surface area contributed by atoms with Crippen LogP contribution in [0.1, 0.15) is 34.5 Å². The Morgan fingerprint density at radius 2 is 1.63 bits per heavy atom. The Labute approximate surface area is 172 Å². The molecular weight excluding hydrogens is 421 g/mol. The maximum absolute atomic E-state index is 12.9. The monoisotopic (exact) mass is 442 g/mol. The van der Waals surface area contributed by atoms with Gasteiger partial charge in [-0.1, -0.05) is 0 Å². The first kappa shape index (κ1) is 20.9. The number of piperazine rings is 1.